The first-order chi connectivity index (χ1) is 4.22. The molecule has 0 aliphatic heterocycles. The molecule has 0 fully saturated rings. The summed E-state index contributed by atoms with van der Waals surface area (Å²) in [6, 6.07) is 0. The minimum atomic E-state index is -1.00. The maximum atomic E-state index is 12.6. The lowest BCUT2D eigenvalue weighted by atomic mass is 10.1. The van der Waals surface area contributed by atoms with Crippen molar-refractivity contribution >= 4 is 11.6 Å². The average molecular weight is 147 g/mol. The van der Waals surface area contributed by atoms with Crippen LogP contribution in [0.1, 0.15) is 6.92 Å². The molecule has 1 aliphatic rings. The molecule has 0 aromatic rings. The number of alkyl halides is 2. The Labute approximate surface area is 59.0 Å². The third kappa shape index (κ3) is 1.33. The van der Waals surface area contributed by atoms with Crippen LogP contribution in [-0.4, -0.2) is 11.5 Å². The largest absolute Gasteiger partial charge is 0.241 e. The molecule has 0 bridgehead atoms. The molecule has 0 nitrogen and oxygen atoms in total. The lowest BCUT2D eigenvalue weighted by Gasteiger charge is -2.14. The van der Waals surface area contributed by atoms with Crippen LogP contribution < -0.4 is 0 Å². The normalized spacial score (nSPS) is 34.3. The number of hydrogen-bond acceptors (Lipinski definition) is 0. The van der Waals surface area contributed by atoms with Crippen molar-refractivity contribution in [3.63, 3.8) is 0 Å². The molecule has 0 radical (unpaired) electrons. The van der Waals surface area contributed by atoms with Crippen molar-refractivity contribution in [2.75, 3.05) is 0 Å². The Balaban J connectivity index is 2.73. The fourth-order valence-electron chi connectivity index (χ4n) is 0.754. The van der Waals surface area contributed by atoms with Gasteiger partial charge in [0, 0.05) is 0 Å². The van der Waals surface area contributed by atoms with Gasteiger partial charge in [-0.05, 0) is 13.0 Å². The van der Waals surface area contributed by atoms with Gasteiger partial charge in [-0.3, -0.25) is 0 Å². The van der Waals surface area contributed by atoms with E-state index in [4.69, 9.17) is 11.6 Å². The lowest BCUT2D eigenvalue weighted by Crippen LogP contribution is -2.16. The number of allylic oxidation sites excluding steroid dienone is 4. The van der Waals surface area contributed by atoms with Crippen LogP contribution in [-0.2, 0) is 0 Å². The Bertz CT molecular complexity index is 160. The van der Waals surface area contributed by atoms with Crippen LogP contribution in [0.4, 0.5) is 4.39 Å². The number of rotatable bonds is 0. The average Bonchev–Trinajstić information content (AvgIpc) is 1.83. The molecule has 0 aromatic carbocycles. The zero-order chi connectivity index (χ0) is 6.85. The molecule has 0 amide bonds. The molecule has 2 atom stereocenters. The Kier molecular flexibility index (Phi) is 1.91. The highest BCUT2D eigenvalue weighted by molar-refractivity contribution is 6.23. The van der Waals surface area contributed by atoms with Gasteiger partial charge in [-0.15, -0.1) is 11.6 Å². The van der Waals surface area contributed by atoms with Crippen molar-refractivity contribution in [1.29, 1.82) is 0 Å². The molecule has 0 saturated heterocycles. The Morgan fingerprint density at radius 1 is 1.67 bits per heavy atom. The fraction of sp³-hybridized carbons (Fsp3) is 0.429. The summed E-state index contributed by atoms with van der Waals surface area (Å²) in [6.07, 6.45) is 3.98. The minimum absolute atomic E-state index is 0.449. The standard InChI is InChI=1S/C7H8ClF/c1-5-3-2-4-6(9)7(5)8/h2-4,6-7H,1H3. The van der Waals surface area contributed by atoms with Crippen molar-refractivity contribution in [3.05, 3.63) is 23.8 Å². The summed E-state index contributed by atoms with van der Waals surface area (Å²) in [5.74, 6) is 0. The van der Waals surface area contributed by atoms with E-state index in [-0.39, 0.29) is 0 Å². The summed E-state index contributed by atoms with van der Waals surface area (Å²) in [6.45, 7) is 1.83. The molecule has 9 heavy (non-hydrogen) atoms. The second-order valence-electron chi connectivity index (χ2n) is 2.14. The van der Waals surface area contributed by atoms with Crippen LogP contribution in [0, 0.1) is 0 Å². The van der Waals surface area contributed by atoms with Crippen LogP contribution in [0.15, 0.2) is 23.8 Å². The summed E-state index contributed by atoms with van der Waals surface area (Å²) in [5.41, 5.74) is 0.895. The predicted octanol–water partition coefficient (Wildman–Crippen LogP) is 2.45. The van der Waals surface area contributed by atoms with Crippen LogP contribution in [0.2, 0.25) is 0 Å². The maximum absolute atomic E-state index is 12.6. The molecule has 2 unspecified atom stereocenters. The highest BCUT2D eigenvalue weighted by Crippen LogP contribution is 2.20. The lowest BCUT2D eigenvalue weighted by molar-refractivity contribution is 0.399. The molecule has 2 heteroatoms. The van der Waals surface area contributed by atoms with E-state index in [0.717, 1.165) is 5.57 Å². The van der Waals surface area contributed by atoms with Crippen molar-refractivity contribution in [3.8, 4) is 0 Å². The van der Waals surface area contributed by atoms with E-state index in [1.807, 2.05) is 13.0 Å². The van der Waals surface area contributed by atoms with Crippen LogP contribution in [0.3, 0.4) is 0 Å². The van der Waals surface area contributed by atoms with Crippen molar-refractivity contribution in [1.82, 2.24) is 0 Å². The van der Waals surface area contributed by atoms with E-state index < -0.39 is 11.5 Å². The highest BCUT2D eigenvalue weighted by atomic mass is 35.5. The molecule has 0 N–H and O–H groups in total. The first-order valence-corrected chi connectivity index (χ1v) is 3.28. The van der Waals surface area contributed by atoms with Crippen molar-refractivity contribution in [2.24, 2.45) is 0 Å². The molecule has 1 rings (SSSR count). The quantitative estimate of drug-likeness (QED) is 0.461. The Hall–Kier alpha value is -0.300. The van der Waals surface area contributed by atoms with E-state index in [0.29, 0.717) is 0 Å². The van der Waals surface area contributed by atoms with Gasteiger partial charge in [0.25, 0.3) is 0 Å². The van der Waals surface area contributed by atoms with Gasteiger partial charge < -0.3 is 0 Å². The fourth-order valence-corrected chi connectivity index (χ4v) is 0.911. The first-order valence-electron chi connectivity index (χ1n) is 2.85. The third-order valence-electron chi connectivity index (χ3n) is 1.37. The highest BCUT2D eigenvalue weighted by Gasteiger charge is 2.18. The minimum Gasteiger partial charge on any atom is -0.241 e. The molecule has 0 spiro atoms. The van der Waals surface area contributed by atoms with Crippen molar-refractivity contribution in [2.45, 2.75) is 18.5 Å². The second kappa shape index (κ2) is 2.53. The Morgan fingerprint density at radius 3 is 2.78 bits per heavy atom. The molecular weight excluding hydrogens is 139 g/mol. The third-order valence-corrected chi connectivity index (χ3v) is 1.95. The van der Waals surface area contributed by atoms with Gasteiger partial charge in [0.05, 0.1) is 5.38 Å². The van der Waals surface area contributed by atoms with Gasteiger partial charge in [-0.25, -0.2) is 4.39 Å². The predicted molar refractivity (Wildman–Crippen MR) is 37.4 cm³/mol. The molecular formula is C7H8ClF. The summed E-state index contributed by atoms with van der Waals surface area (Å²) in [5, 5.41) is -0.449. The molecule has 1 aliphatic carbocycles. The van der Waals surface area contributed by atoms with Gasteiger partial charge in [-0.1, -0.05) is 17.7 Å². The van der Waals surface area contributed by atoms with Crippen LogP contribution in [0.5, 0.6) is 0 Å². The van der Waals surface area contributed by atoms with E-state index >= 15 is 0 Å². The van der Waals surface area contributed by atoms with Crippen LogP contribution in [0.25, 0.3) is 0 Å². The van der Waals surface area contributed by atoms with Gasteiger partial charge >= 0.3 is 0 Å². The zero-order valence-corrected chi connectivity index (χ0v) is 5.90. The summed E-state index contributed by atoms with van der Waals surface area (Å²) in [7, 11) is 0. The van der Waals surface area contributed by atoms with E-state index in [2.05, 4.69) is 0 Å². The van der Waals surface area contributed by atoms with E-state index in [1.54, 1.807) is 6.08 Å². The Morgan fingerprint density at radius 2 is 2.33 bits per heavy atom. The van der Waals surface area contributed by atoms with Gasteiger partial charge in [0.2, 0.25) is 0 Å². The monoisotopic (exact) mass is 146 g/mol. The second-order valence-corrected chi connectivity index (χ2v) is 2.61. The van der Waals surface area contributed by atoms with Crippen molar-refractivity contribution < 1.29 is 4.39 Å². The maximum Gasteiger partial charge on any atom is 0.139 e. The molecule has 0 aromatic heterocycles. The van der Waals surface area contributed by atoms with Crippen LogP contribution >= 0.6 is 11.6 Å². The molecule has 0 saturated carbocycles. The van der Waals surface area contributed by atoms with Gasteiger partial charge in [0.15, 0.2) is 0 Å². The number of halogens is 2. The smallest absolute Gasteiger partial charge is 0.139 e. The first kappa shape index (κ1) is 6.81. The summed E-state index contributed by atoms with van der Waals surface area (Å²) in [4.78, 5) is 0. The van der Waals surface area contributed by atoms with E-state index in [1.165, 1.54) is 6.08 Å². The SMILES string of the molecule is CC1=CC=CC(F)C1Cl. The van der Waals surface area contributed by atoms with E-state index in [9.17, 15) is 4.39 Å². The van der Waals surface area contributed by atoms with Gasteiger partial charge in [0.1, 0.15) is 6.17 Å². The van der Waals surface area contributed by atoms with Gasteiger partial charge in [-0.2, -0.15) is 0 Å². The number of hydrogen-bond donors (Lipinski definition) is 0. The zero-order valence-electron chi connectivity index (χ0n) is 5.14. The molecule has 50 valence electrons. The summed E-state index contributed by atoms with van der Waals surface area (Å²) < 4.78 is 12.6. The summed E-state index contributed by atoms with van der Waals surface area (Å²) >= 11 is 5.62. The topological polar surface area (TPSA) is 0 Å². The molecule has 0 heterocycles.